The van der Waals surface area contributed by atoms with E-state index in [1.807, 2.05) is 0 Å². The number of amides is 1. The smallest absolute Gasteiger partial charge is 0.295 e. The molecule has 0 radical (unpaired) electrons. The Labute approximate surface area is 106 Å². The summed E-state index contributed by atoms with van der Waals surface area (Å²) in [7, 11) is -4.26. The Kier molecular flexibility index (Phi) is 4.89. The fourth-order valence-corrected chi connectivity index (χ4v) is 1.90. The summed E-state index contributed by atoms with van der Waals surface area (Å²) in [5, 5.41) is 2.57. The molecule has 0 saturated heterocycles. The molecule has 1 aromatic rings. The van der Waals surface area contributed by atoms with Crippen LogP contribution in [0, 0.1) is 11.8 Å². The molecular formula is C12H13NO4S. The Bertz CT molecular complexity index is 596. The lowest BCUT2D eigenvalue weighted by atomic mass is 10.2. The third-order valence-electron chi connectivity index (χ3n) is 2.01. The molecular weight excluding hydrogens is 254 g/mol. The molecule has 18 heavy (non-hydrogen) atoms. The zero-order chi connectivity index (χ0) is 13.6. The van der Waals surface area contributed by atoms with Crippen LogP contribution in [0.1, 0.15) is 18.9 Å². The Morgan fingerprint density at radius 3 is 2.67 bits per heavy atom. The second kappa shape index (κ2) is 6.19. The lowest BCUT2D eigenvalue weighted by Crippen LogP contribution is -2.20. The molecule has 0 fully saturated rings. The highest BCUT2D eigenvalue weighted by molar-refractivity contribution is 7.85. The Morgan fingerprint density at radius 2 is 2.06 bits per heavy atom. The summed E-state index contributed by atoms with van der Waals surface area (Å²) in [4.78, 5) is 10.4. The van der Waals surface area contributed by atoms with Crippen LogP contribution in [0.2, 0.25) is 0 Å². The second-order valence-electron chi connectivity index (χ2n) is 3.51. The van der Waals surface area contributed by atoms with Crippen LogP contribution < -0.4 is 5.32 Å². The molecule has 0 aromatic heterocycles. The van der Waals surface area contributed by atoms with E-state index in [0.29, 0.717) is 13.0 Å². The predicted molar refractivity (Wildman–Crippen MR) is 66.4 cm³/mol. The molecule has 2 N–H and O–H groups in total. The van der Waals surface area contributed by atoms with Crippen LogP contribution in [0.15, 0.2) is 29.2 Å². The van der Waals surface area contributed by atoms with Gasteiger partial charge in [-0.25, -0.2) is 0 Å². The minimum Gasteiger partial charge on any atom is -0.355 e. The highest BCUT2D eigenvalue weighted by Crippen LogP contribution is 2.13. The number of benzene rings is 1. The summed E-state index contributed by atoms with van der Waals surface area (Å²) >= 11 is 0. The van der Waals surface area contributed by atoms with E-state index in [9.17, 15) is 13.2 Å². The van der Waals surface area contributed by atoms with Crippen LogP contribution in [-0.4, -0.2) is 25.4 Å². The fourth-order valence-electron chi connectivity index (χ4n) is 1.25. The average Bonchev–Trinajstić information content (AvgIpc) is 2.27. The summed E-state index contributed by atoms with van der Waals surface area (Å²) in [6.07, 6.45) is 0.402. The first-order valence-corrected chi connectivity index (χ1v) is 6.65. The first-order chi connectivity index (χ1) is 8.41. The van der Waals surface area contributed by atoms with Gasteiger partial charge < -0.3 is 5.32 Å². The molecule has 0 spiro atoms. The summed E-state index contributed by atoms with van der Waals surface area (Å²) in [6, 6.07) is 5.93. The highest BCUT2D eigenvalue weighted by Gasteiger charge is 2.12. The van der Waals surface area contributed by atoms with Crippen molar-refractivity contribution >= 4 is 16.0 Å². The largest absolute Gasteiger partial charge is 0.355 e. The minimum absolute atomic E-state index is 0.143. The summed E-state index contributed by atoms with van der Waals surface area (Å²) in [5.74, 6) is 5.24. The topological polar surface area (TPSA) is 83.5 Å². The van der Waals surface area contributed by atoms with Gasteiger partial charge in [0.2, 0.25) is 5.91 Å². The Balaban J connectivity index is 2.80. The van der Waals surface area contributed by atoms with Gasteiger partial charge >= 0.3 is 0 Å². The van der Waals surface area contributed by atoms with Gasteiger partial charge in [-0.2, -0.15) is 8.42 Å². The van der Waals surface area contributed by atoms with Crippen molar-refractivity contribution in [1.29, 1.82) is 0 Å². The molecule has 96 valence electrons. The van der Waals surface area contributed by atoms with Gasteiger partial charge in [0, 0.05) is 25.5 Å². The van der Waals surface area contributed by atoms with E-state index in [-0.39, 0.29) is 16.4 Å². The lowest BCUT2D eigenvalue weighted by molar-refractivity contribution is -0.118. The van der Waals surface area contributed by atoms with Crippen molar-refractivity contribution in [1.82, 2.24) is 5.32 Å². The van der Waals surface area contributed by atoms with Crippen LogP contribution in [0.3, 0.4) is 0 Å². The average molecular weight is 267 g/mol. The SMILES string of the molecule is CC(=O)NCCC#Cc1ccccc1S(=O)(=O)O. The Hall–Kier alpha value is -1.84. The van der Waals surface area contributed by atoms with Crippen molar-refractivity contribution < 1.29 is 17.8 Å². The van der Waals surface area contributed by atoms with Crippen LogP contribution in [0.4, 0.5) is 0 Å². The number of nitrogens with one attached hydrogen (secondary N) is 1. The number of rotatable bonds is 3. The first kappa shape index (κ1) is 14.2. The molecule has 0 aliphatic rings. The highest BCUT2D eigenvalue weighted by atomic mass is 32.2. The third kappa shape index (κ3) is 4.57. The Morgan fingerprint density at radius 1 is 1.39 bits per heavy atom. The molecule has 1 aromatic carbocycles. The molecule has 0 heterocycles. The van der Waals surface area contributed by atoms with Crippen molar-refractivity contribution in [3.8, 4) is 11.8 Å². The van der Waals surface area contributed by atoms with Crippen molar-refractivity contribution in [2.75, 3.05) is 6.54 Å². The molecule has 1 rings (SSSR count). The number of hydrogen-bond donors (Lipinski definition) is 2. The molecule has 1 amide bonds. The van der Waals surface area contributed by atoms with Gasteiger partial charge in [-0.05, 0) is 12.1 Å². The number of hydrogen-bond acceptors (Lipinski definition) is 3. The van der Waals surface area contributed by atoms with E-state index in [1.165, 1.54) is 25.1 Å². The van der Waals surface area contributed by atoms with Crippen LogP contribution in [0.25, 0.3) is 0 Å². The maximum atomic E-state index is 11.1. The van der Waals surface area contributed by atoms with Crippen molar-refractivity contribution in [2.24, 2.45) is 0 Å². The second-order valence-corrected chi connectivity index (χ2v) is 4.90. The predicted octanol–water partition coefficient (Wildman–Crippen LogP) is 0.811. The number of carbonyl (C=O) groups is 1. The van der Waals surface area contributed by atoms with E-state index in [0.717, 1.165) is 0 Å². The maximum absolute atomic E-state index is 11.1. The maximum Gasteiger partial charge on any atom is 0.295 e. The van der Waals surface area contributed by atoms with Gasteiger partial charge in [0.05, 0.1) is 0 Å². The van der Waals surface area contributed by atoms with Crippen LogP contribution in [-0.2, 0) is 14.9 Å². The molecule has 0 aliphatic carbocycles. The van der Waals surface area contributed by atoms with E-state index >= 15 is 0 Å². The van der Waals surface area contributed by atoms with Crippen molar-refractivity contribution in [3.63, 3.8) is 0 Å². The van der Waals surface area contributed by atoms with Gasteiger partial charge in [0.1, 0.15) is 4.90 Å². The van der Waals surface area contributed by atoms with Gasteiger partial charge in [0.15, 0.2) is 0 Å². The monoisotopic (exact) mass is 267 g/mol. The van der Waals surface area contributed by atoms with Crippen LogP contribution in [0.5, 0.6) is 0 Å². The quantitative estimate of drug-likeness (QED) is 0.482. The van der Waals surface area contributed by atoms with Crippen molar-refractivity contribution in [2.45, 2.75) is 18.2 Å². The third-order valence-corrected chi connectivity index (χ3v) is 2.92. The molecule has 0 unspecified atom stereocenters. The molecule has 6 heteroatoms. The van der Waals surface area contributed by atoms with Gasteiger partial charge in [-0.1, -0.05) is 24.0 Å². The van der Waals surface area contributed by atoms with Crippen LogP contribution >= 0.6 is 0 Å². The van der Waals surface area contributed by atoms with Crippen molar-refractivity contribution in [3.05, 3.63) is 29.8 Å². The van der Waals surface area contributed by atoms with Gasteiger partial charge in [0.25, 0.3) is 10.1 Å². The zero-order valence-electron chi connectivity index (χ0n) is 9.80. The summed E-state index contributed by atoms with van der Waals surface area (Å²) < 4.78 is 31.1. The van der Waals surface area contributed by atoms with E-state index in [1.54, 1.807) is 6.07 Å². The standard InChI is InChI=1S/C12H13NO4S/c1-10(14)13-9-5-4-7-11-6-2-3-8-12(11)18(15,16)17/h2-3,6,8H,5,9H2,1H3,(H,13,14)(H,15,16,17). The van der Waals surface area contributed by atoms with E-state index in [2.05, 4.69) is 17.2 Å². The summed E-state index contributed by atoms with van der Waals surface area (Å²) in [5.41, 5.74) is 0.239. The normalized spacial score (nSPS) is 10.3. The molecule has 5 nitrogen and oxygen atoms in total. The molecule has 0 aliphatic heterocycles. The minimum atomic E-state index is -4.26. The van der Waals surface area contributed by atoms with Gasteiger partial charge in [-0.3, -0.25) is 9.35 Å². The molecule has 0 saturated carbocycles. The number of carbonyl (C=O) groups excluding carboxylic acids is 1. The molecule has 0 atom stereocenters. The zero-order valence-corrected chi connectivity index (χ0v) is 10.6. The van der Waals surface area contributed by atoms with E-state index in [4.69, 9.17) is 4.55 Å². The lowest BCUT2D eigenvalue weighted by Gasteiger charge is -1.99. The summed E-state index contributed by atoms with van der Waals surface area (Å²) in [6.45, 7) is 1.80. The fraction of sp³-hybridized carbons (Fsp3) is 0.250. The van der Waals surface area contributed by atoms with E-state index < -0.39 is 10.1 Å². The molecule has 0 bridgehead atoms. The van der Waals surface area contributed by atoms with Gasteiger partial charge in [-0.15, -0.1) is 0 Å². The first-order valence-electron chi connectivity index (χ1n) is 5.21.